The average Bonchev–Trinajstić information content (AvgIpc) is 2.08. The molecule has 0 aromatic rings. The minimum atomic E-state index is 0.413. The molecule has 0 aromatic carbocycles. The number of hydroxylamine groups is 1. The van der Waals surface area contributed by atoms with E-state index in [1.807, 2.05) is 0 Å². The van der Waals surface area contributed by atoms with Gasteiger partial charge in [0.1, 0.15) is 0 Å². The van der Waals surface area contributed by atoms with Crippen molar-refractivity contribution in [3.63, 3.8) is 0 Å². The summed E-state index contributed by atoms with van der Waals surface area (Å²) in [7, 11) is 1.64. The van der Waals surface area contributed by atoms with E-state index in [2.05, 4.69) is 32.0 Å². The van der Waals surface area contributed by atoms with Crippen LogP contribution in [0.1, 0.15) is 20.3 Å². The summed E-state index contributed by atoms with van der Waals surface area (Å²) in [6.07, 6.45) is 3.52. The van der Waals surface area contributed by atoms with Crippen molar-refractivity contribution in [1.29, 1.82) is 0 Å². The maximum atomic E-state index is 4.91. The summed E-state index contributed by atoms with van der Waals surface area (Å²) in [6, 6.07) is 0. The number of rotatable bonds is 2. The molecule has 1 N–H and O–H groups in total. The van der Waals surface area contributed by atoms with Gasteiger partial charge in [0.25, 0.3) is 0 Å². The lowest BCUT2D eigenvalue weighted by atomic mass is 9.49. The molecule has 3 aliphatic carbocycles. The Bertz CT molecular complexity index is 278. The molecule has 2 bridgehead atoms. The van der Waals surface area contributed by atoms with Crippen molar-refractivity contribution >= 4 is 0 Å². The average molecular weight is 179 g/mol. The zero-order valence-electron chi connectivity index (χ0n) is 8.55. The molecule has 0 radical (unpaired) electrons. The Balaban J connectivity index is 2.23. The Kier molecular flexibility index (Phi) is 1.77. The number of hydrogen-bond donors (Lipinski definition) is 1. The Morgan fingerprint density at radius 1 is 1.62 bits per heavy atom. The first-order valence-electron chi connectivity index (χ1n) is 4.77. The highest BCUT2D eigenvalue weighted by Crippen LogP contribution is 2.59. The molecule has 1 fully saturated rings. The van der Waals surface area contributed by atoms with E-state index in [4.69, 9.17) is 4.84 Å². The molecule has 0 aliphatic heterocycles. The van der Waals surface area contributed by atoms with Crippen LogP contribution in [0.3, 0.4) is 0 Å². The van der Waals surface area contributed by atoms with E-state index < -0.39 is 0 Å². The van der Waals surface area contributed by atoms with Gasteiger partial charge in [-0.2, -0.15) is 0 Å². The van der Waals surface area contributed by atoms with Crippen molar-refractivity contribution < 1.29 is 4.84 Å². The summed E-state index contributed by atoms with van der Waals surface area (Å²) in [5, 5.41) is 0. The SMILES string of the molecule is C=C1C(NOC)=C[C@@H]2C[C@H]1C2(C)C. The summed E-state index contributed by atoms with van der Waals surface area (Å²) in [5.74, 6) is 1.33. The van der Waals surface area contributed by atoms with Crippen molar-refractivity contribution in [2.75, 3.05) is 7.11 Å². The van der Waals surface area contributed by atoms with Gasteiger partial charge in [-0.15, -0.1) is 0 Å². The molecular weight excluding hydrogens is 162 g/mol. The van der Waals surface area contributed by atoms with Gasteiger partial charge in [-0.3, -0.25) is 10.3 Å². The van der Waals surface area contributed by atoms with Gasteiger partial charge in [0.2, 0.25) is 0 Å². The van der Waals surface area contributed by atoms with E-state index in [1.54, 1.807) is 7.11 Å². The van der Waals surface area contributed by atoms with Gasteiger partial charge < -0.3 is 0 Å². The van der Waals surface area contributed by atoms with E-state index in [1.165, 1.54) is 12.0 Å². The van der Waals surface area contributed by atoms with Gasteiger partial charge >= 0.3 is 0 Å². The van der Waals surface area contributed by atoms with Crippen LogP contribution < -0.4 is 5.48 Å². The highest BCUT2D eigenvalue weighted by atomic mass is 16.6. The second kappa shape index (κ2) is 2.61. The third-order valence-electron chi connectivity index (χ3n) is 3.69. The summed E-state index contributed by atoms with van der Waals surface area (Å²) in [6.45, 7) is 8.75. The van der Waals surface area contributed by atoms with E-state index in [0.29, 0.717) is 17.3 Å². The van der Waals surface area contributed by atoms with Crippen LogP contribution in [-0.4, -0.2) is 7.11 Å². The van der Waals surface area contributed by atoms with Crippen LogP contribution >= 0.6 is 0 Å². The Hall–Kier alpha value is -0.760. The molecule has 13 heavy (non-hydrogen) atoms. The molecule has 0 unspecified atom stereocenters. The highest BCUT2D eigenvalue weighted by Gasteiger charge is 2.51. The molecule has 2 nitrogen and oxygen atoms in total. The summed E-state index contributed by atoms with van der Waals surface area (Å²) < 4.78 is 0. The van der Waals surface area contributed by atoms with Gasteiger partial charge in [-0.05, 0) is 29.2 Å². The van der Waals surface area contributed by atoms with E-state index >= 15 is 0 Å². The van der Waals surface area contributed by atoms with Crippen molar-refractivity contribution in [2.24, 2.45) is 17.3 Å². The van der Waals surface area contributed by atoms with Crippen molar-refractivity contribution in [1.82, 2.24) is 5.48 Å². The molecule has 0 amide bonds. The molecule has 1 saturated carbocycles. The minimum Gasteiger partial charge on any atom is -0.279 e. The molecule has 3 aliphatic rings. The van der Waals surface area contributed by atoms with E-state index in [-0.39, 0.29) is 0 Å². The van der Waals surface area contributed by atoms with Crippen LogP contribution in [0.25, 0.3) is 0 Å². The molecular formula is C11H17NO. The summed E-state index contributed by atoms with van der Waals surface area (Å²) in [5.41, 5.74) is 5.60. The van der Waals surface area contributed by atoms with E-state index in [0.717, 1.165) is 5.70 Å². The number of nitrogens with one attached hydrogen (secondary N) is 1. The molecule has 0 saturated heterocycles. The predicted octanol–water partition coefficient (Wildman–Crippen LogP) is 2.25. The molecule has 0 spiro atoms. The fourth-order valence-corrected chi connectivity index (χ4v) is 2.54. The van der Waals surface area contributed by atoms with Gasteiger partial charge in [0, 0.05) is 0 Å². The van der Waals surface area contributed by atoms with Crippen LogP contribution in [0.4, 0.5) is 0 Å². The number of fused-ring (bicyclic) bond motifs is 1. The molecule has 0 aromatic heterocycles. The Morgan fingerprint density at radius 3 is 2.77 bits per heavy atom. The van der Waals surface area contributed by atoms with Gasteiger partial charge in [-0.25, -0.2) is 0 Å². The van der Waals surface area contributed by atoms with Gasteiger partial charge in [-0.1, -0.05) is 26.5 Å². The summed E-state index contributed by atoms with van der Waals surface area (Å²) in [4.78, 5) is 4.91. The third-order valence-corrected chi connectivity index (χ3v) is 3.69. The van der Waals surface area contributed by atoms with Crippen LogP contribution in [0.5, 0.6) is 0 Å². The van der Waals surface area contributed by atoms with Crippen LogP contribution in [0, 0.1) is 17.3 Å². The third kappa shape index (κ3) is 1.05. The number of allylic oxidation sites excluding steroid dienone is 2. The quantitative estimate of drug-likeness (QED) is 0.656. The fraction of sp³-hybridized carbons (Fsp3) is 0.636. The lowest BCUT2D eigenvalue weighted by Crippen LogP contribution is -2.49. The lowest BCUT2D eigenvalue weighted by Gasteiger charge is -2.55. The Morgan fingerprint density at radius 2 is 2.31 bits per heavy atom. The first-order valence-corrected chi connectivity index (χ1v) is 4.77. The van der Waals surface area contributed by atoms with Crippen molar-refractivity contribution in [2.45, 2.75) is 20.3 Å². The standard InChI is InChI=1S/C11H17NO/c1-7-9-5-8(11(9,2)3)6-10(7)12-13-4/h6,8-9,12H,1,5H2,2-4H3/t8-,9+/m0/s1. The van der Waals surface area contributed by atoms with Gasteiger partial charge in [0.15, 0.2) is 0 Å². The molecule has 2 heteroatoms. The fourth-order valence-electron chi connectivity index (χ4n) is 2.54. The maximum Gasteiger partial charge on any atom is 0.0636 e. The maximum absolute atomic E-state index is 4.91. The van der Waals surface area contributed by atoms with Crippen molar-refractivity contribution in [3.8, 4) is 0 Å². The monoisotopic (exact) mass is 179 g/mol. The lowest BCUT2D eigenvalue weighted by molar-refractivity contribution is 0.0199. The number of hydrogen-bond acceptors (Lipinski definition) is 2. The predicted molar refractivity (Wildman–Crippen MR) is 52.7 cm³/mol. The smallest absolute Gasteiger partial charge is 0.0636 e. The first kappa shape index (κ1) is 8.82. The second-order valence-corrected chi connectivity index (χ2v) is 4.63. The topological polar surface area (TPSA) is 21.3 Å². The normalized spacial score (nSPS) is 35.0. The second-order valence-electron chi connectivity index (χ2n) is 4.63. The molecule has 0 heterocycles. The van der Waals surface area contributed by atoms with Crippen LogP contribution in [-0.2, 0) is 4.84 Å². The van der Waals surface area contributed by atoms with Crippen LogP contribution in [0.15, 0.2) is 23.9 Å². The highest BCUT2D eigenvalue weighted by molar-refractivity contribution is 5.39. The zero-order chi connectivity index (χ0) is 9.64. The zero-order valence-corrected chi connectivity index (χ0v) is 8.55. The molecule has 72 valence electrons. The minimum absolute atomic E-state index is 0.413. The first-order chi connectivity index (χ1) is 6.07. The van der Waals surface area contributed by atoms with E-state index in [9.17, 15) is 0 Å². The molecule has 3 rings (SSSR count). The van der Waals surface area contributed by atoms with Crippen LogP contribution in [0.2, 0.25) is 0 Å². The molecule has 2 atom stereocenters. The Labute approximate surface area is 79.6 Å². The largest absolute Gasteiger partial charge is 0.279 e. The van der Waals surface area contributed by atoms with Gasteiger partial charge in [0.05, 0.1) is 12.8 Å². The summed E-state index contributed by atoms with van der Waals surface area (Å²) >= 11 is 0. The van der Waals surface area contributed by atoms with Crippen molar-refractivity contribution in [3.05, 3.63) is 23.9 Å².